The summed E-state index contributed by atoms with van der Waals surface area (Å²) in [5.41, 5.74) is 0.611. The quantitative estimate of drug-likeness (QED) is 0.372. The zero-order chi connectivity index (χ0) is 18.3. The Morgan fingerprint density at radius 3 is 2.40 bits per heavy atom. The number of benzene rings is 1. The molecule has 0 unspecified atom stereocenters. The van der Waals surface area contributed by atoms with Crippen LogP contribution in [0.1, 0.15) is 80.6 Å². The van der Waals surface area contributed by atoms with E-state index in [4.69, 9.17) is 5.11 Å². The maximum Gasteiger partial charge on any atom is 0.335 e. The summed E-state index contributed by atoms with van der Waals surface area (Å²) in [7, 11) is 0. The Labute approximate surface area is 152 Å². The van der Waals surface area contributed by atoms with Crippen LogP contribution in [0.3, 0.4) is 0 Å². The molecule has 0 fully saturated rings. The van der Waals surface area contributed by atoms with Gasteiger partial charge >= 0.3 is 5.97 Å². The highest BCUT2D eigenvalue weighted by Crippen LogP contribution is 2.21. The fourth-order valence-corrected chi connectivity index (χ4v) is 2.81. The maximum atomic E-state index is 11.6. The number of unbranched alkanes of at least 4 members (excludes halogenated alkanes) is 6. The molecule has 1 aromatic rings. The van der Waals surface area contributed by atoms with Crippen LogP contribution in [0.25, 0.3) is 0 Å². The number of carboxylic acids is 1. The van der Waals surface area contributed by atoms with Crippen molar-refractivity contribution >= 4 is 5.97 Å². The highest BCUT2D eigenvalue weighted by atomic mass is 16.4. The summed E-state index contributed by atoms with van der Waals surface area (Å²) in [6, 6.07) is 4.72. The molecule has 0 amide bonds. The van der Waals surface area contributed by atoms with E-state index in [2.05, 4.69) is 31.2 Å². The fraction of sp³-hybridized carbons (Fsp3) is 0.500. The van der Waals surface area contributed by atoms with Crippen molar-refractivity contribution in [2.24, 2.45) is 0 Å². The Kier molecular flexibility index (Phi) is 11.2. The van der Waals surface area contributed by atoms with Gasteiger partial charge in [0.25, 0.3) is 0 Å². The third-order valence-electron chi connectivity index (χ3n) is 4.20. The first kappa shape index (κ1) is 21.0. The van der Waals surface area contributed by atoms with Gasteiger partial charge in [-0.1, -0.05) is 80.9 Å². The van der Waals surface area contributed by atoms with Gasteiger partial charge in [0.15, 0.2) is 0 Å². The zero-order valence-electron chi connectivity index (χ0n) is 15.4. The van der Waals surface area contributed by atoms with Crippen LogP contribution in [0, 0.1) is 0 Å². The maximum absolute atomic E-state index is 11.6. The Morgan fingerprint density at radius 2 is 1.68 bits per heavy atom. The van der Waals surface area contributed by atoms with Crippen molar-refractivity contribution < 1.29 is 15.0 Å². The average Bonchev–Trinajstić information content (AvgIpc) is 2.58. The summed E-state index contributed by atoms with van der Waals surface area (Å²) in [6.45, 7) is 2.19. The molecule has 0 aromatic heterocycles. The van der Waals surface area contributed by atoms with Gasteiger partial charge in [-0.2, -0.15) is 0 Å². The number of hydrogen-bond donors (Lipinski definition) is 1. The van der Waals surface area contributed by atoms with Gasteiger partial charge < -0.3 is 10.2 Å². The zero-order valence-corrected chi connectivity index (χ0v) is 15.4. The minimum atomic E-state index is -1.11. The lowest BCUT2D eigenvalue weighted by atomic mass is 9.99. The van der Waals surface area contributed by atoms with E-state index in [9.17, 15) is 9.90 Å². The molecule has 25 heavy (non-hydrogen) atoms. The fourth-order valence-electron chi connectivity index (χ4n) is 2.81. The summed E-state index contributed by atoms with van der Waals surface area (Å²) in [5.74, 6) is -1.50. The summed E-state index contributed by atoms with van der Waals surface area (Å²) in [6.07, 6.45) is 19.7. The molecule has 3 nitrogen and oxygen atoms in total. The van der Waals surface area contributed by atoms with Crippen molar-refractivity contribution in [3.05, 3.63) is 53.6 Å². The van der Waals surface area contributed by atoms with E-state index in [0.29, 0.717) is 12.0 Å². The molecular formula is C22H31O3-. The lowest BCUT2D eigenvalue weighted by molar-refractivity contribution is -0.268. The van der Waals surface area contributed by atoms with Crippen LogP contribution in [0.5, 0.6) is 5.75 Å². The predicted octanol–water partition coefficient (Wildman–Crippen LogP) is 5.64. The molecule has 0 aliphatic rings. The second-order valence-corrected chi connectivity index (χ2v) is 6.37. The van der Waals surface area contributed by atoms with Crippen LogP contribution in [0.15, 0.2) is 42.5 Å². The van der Waals surface area contributed by atoms with Crippen LogP contribution in [-0.2, 0) is 6.42 Å². The molecule has 1 aromatic carbocycles. The normalized spacial score (nSPS) is 11.6. The first-order valence-electron chi connectivity index (χ1n) is 9.49. The summed E-state index contributed by atoms with van der Waals surface area (Å²) < 4.78 is 0. The van der Waals surface area contributed by atoms with E-state index in [1.807, 2.05) is 0 Å². The van der Waals surface area contributed by atoms with E-state index in [1.54, 1.807) is 12.1 Å². The molecule has 0 bridgehead atoms. The lowest BCUT2D eigenvalue weighted by Crippen LogP contribution is -2.08. The molecule has 0 radical (unpaired) electrons. The second-order valence-electron chi connectivity index (χ2n) is 6.37. The molecule has 0 aliphatic carbocycles. The molecule has 138 valence electrons. The number of aromatic carboxylic acids is 1. The van der Waals surface area contributed by atoms with Crippen molar-refractivity contribution in [2.75, 3.05) is 0 Å². The predicted molar refractivity (Wildman–Crippen MR) is 102 cm³/mol. The van der Waals surface area contributed by atoms with Gasteiger partial charge in [-0.25, -0.2) is 4.79 Å². The highest BCUT2D eigenvalue weighted by Gasteiger charge is 2.09. The van der Waals surface area contributed by atoms with Gasteiger partial charge in [-0.15, -0.1) is 0 Å². The van der Waals surface area contributed by atoms with Crippen LogP contribution < -0.4 is 5.11 Å². The number of allylic oxidation sites excluding steroid dienone is 4. The molecule has 1 rings (SSSR count). The van der Waals surface area contributed by atoms with E-state index in [1.165, 1.54) is 31.7 Å². The summed E-state index contributed by atoms with van der Waals surface area (Å²) in [5, 5.41) is 20.8. The van der Waals surface area contributed by atoms with E-state index in [-0.39, 0.29) is 11.3 Å². The highest BCUT2D eigenvalue weighted by molar-refractivity contribution is 5.92. The van der Waals surface area contributed by atoms with Crippen molar-refractivity contribution in [3.63, 3.8) is 0 Å². The topological polar surface area (TPSA) is 60.4 Å². The summed E-state index contributed by atoms with van der Waals surface area (Å²) >= 11 is 0. The van der Waals surface area contributed by atoms with E-state index >= 15 is 0 Å². The first-order chi connectivity index (χ1) is 12.2. The molecule has 0 aliphatic heterocycles. The summed E-state index contributed by atoms with van der Waals surface area (Å²) in [4.78, 5) is 11.2. The third-order valence-corrected chi connectivity index (χ3v) is 4.20. The monoisotopic (exact) mass is 343 g/mol. The molecular weight excluding hydrogens is 312 g/mol. The molecule has 0 spiro atoms. The number of aryl methyl sites for hydroxylation is 1. The third kappa shape index (κ3) is 9.13. The molecule has 0 saturated heterocycles. The molecule has 0 saturated carbocycles. The number of hydrogen-bond acceptors (Lipinski definition) is 2. The largest absolute Gasteiger partial charge is 0.872 e. The second kappa shape index (κ2) is 13.3. The van der Waals surface area contributed by atoms with Gasteiger partial charge in [0.05, 0.1) is 5.56 Å². The van der Waals surface area contributed by atoms with Crippen LogP contribution >= 0.6 is 0 Å². The Morgan fingerprint density at radius 1 is 1.00 bits per heavy atom. The Bertz CT molecular complexity index is 558. The average molecular weight is 343 g/mol. The van der Waals surface area contributed by atoms with Gasteiger partial charge in [0.1, 0.15) is 0 Å². The standard InChI is InChI=1S/C22H32O3/c1-2-3-4-5-6-7-8-9-10-11-12-13-14-16-19-17-15-18-20(23)21(19)22(24)25/h4-5,7-8,15,17-18,23H,2-3,6,9-14,16H2,1H3,(H,24,25)/p-1/b5-4-,8-7-. The molecule has 0 heterocycles. The molecule has 0 atom stereocenters. The Hall–Kier alpha value is -2.03. The Balaban J connectivity index is 2.11. The minimum absolute atomic E-state index is 0.0550. The van der Waals surface area contributed by atoms with Crippen molar-refractivity contribution in [3.8, 4) is 5.75 Å². The molecule has 3 heteroatoms. The van der Waals surface area contributed by atoms with Gasteiger partial charge in [-0.3, -0.25) is 0 Å². The van der Waals surface area contributed by atoms with Gasteiger partial charge in [0, 0.05) is 0 Å². The van der Waals surface area contributed by atoms with E-state index in [0.717, 1.165) is 32.1 Å². The smallest absolute Gasteiger partial charge is 0.335 e. The SMILES string of the molecule is CCC/C=C\C/C=C\CCCCCCCc1cccc([O-])c1C(=O)O. The van der Waals surface area contributed by atoms with Crippen LogP contribution in [0.2, 0.25) is 0 Å². The van der Waals surface area contributed by atoms with Crippen molar-refractivity contribution in [2.45, 2.75) is 71.1 Å². The van der Waals surface area contributed by atoms with E-state index < -0.39 is 5.97 Å². The minimum Gasteiger partial charge on any atom is -0.872 e. The van der Waals surface area contributed by atoms with Crippen LogP contribution in [-0.4, -0.2) is 11.1 Å². The lowest BCUT2D eigenvalue weighted by Gasteiger charge is -2.14. The van der Waals surface area contributed by atoms with Gasteiger partial charge in [-0.05, 0) is 44.1 Å². The van der Waals surface area contributed by atoms with Crippen molar-refractivity contribution in [1.29, 1.82) is 0 Å². The number of carboxylic acid groups (broad SMARTS) is 1. The molecule has 1 N–H and O–H groups in total. The van der Waals surface area contributed by atoms with Crippen LogP contribution in [0.4, 0.5) is 0 Å². The van der Waals surface area contributed by atoms with Gasteiger partial charge in [0.2, 0.25) is 0 Å². The van der Waals surface area contributed by atoms with Crippen molar-refractivity contribution in [1.82, 2.24) is 0 Å². The number of rotatable bonds is 13. The number of carbonyl (C=O) groups is 1. The first-order valence-corrected chi connectivity index (χ1v) is 9.49.